The summed E-state index contributed by atoms with van der Waals surface area (Å²) in [6.07, 6.45) is 1.09. The molecular weight excluding hydrogens is 230 g/mol. The summed E-state index contributed by atoms with van der Waals surface area (Å²) in [6.45, 7) is 8.70. The lowest BCUT2D eigenvalue weighted by Gasteiger charge is -2.17. The van der Waals surface area contributed by atoms with Crippen molar-refractivity contribution >= 4 is 5.69 Å². The quantitative estimate of drug-likeness (QED) is 0.805. The molecule has 0 fully saturated rings. The number of aryl methyl sites for hydroxylation is 3. The van der Waals surface area contributed by atoms with Gasteiger partial charge in [0.15, 0.2) is 0 Å². The van der Waals surface area contributed by atoms with Crippen molar-refractivity contribution < 1.29 is 0 Å². The van der Waals surface area contributed by atoms with Gasteiger partial charge in [0.25, 0.3) is 0 Å². The fraction of sp³-hybridized carbons (Fsp3) is 0.333. The van der Waals surface area contributed by atoms with Crippen molar-refractivity contribution in [2.45, 2.75) is 40.2 Å². The maximum Gasteiger partial charge on any atom is 0.0485 e. The molecule has 19 heavy (non-hydrogen) atoms. The molecule has 0 saturated carbocycles. The van der Waals surface area contributed by atoms with E-state index < -0.39 is 0 Å². The smallest absolute Gasteiger partial charge is 0.0485 e. The number of hydrogen-bond acceptors (Lipinski definition) is 1. The van der Waals surface area contributed by atoms with E-state index in [0.717, 1.165) is 6.42 Å². The fourth-order valence-electron chi connectivity index (χ4n) is 2.43. The first-order valence-corrected chi connectivity index (χ1v) is 7.02. The fourth-order valence-corrected chi connectivity index (χ4v) is 2.43. The summed E-state index contributed by atoms with van der Waals surface area (Å²) in [5.41, 5.74) is 6.56. The number of anilines is 1. The van der Waals surface area contributed by atoms with Crippen molar-refractivity contribution in [1.29, 1.82) is 0 Å². The Kier molecular flexibility index (Phi) is 4.26. The van der Waals surface area contributed by atoms with Gasteiger partial charge in [-0.1, -0.05) is 48.4 Å². The molecule has 0 bridgehead atoms. The number of hydrogen-bond donors (Lipinski definition) is 1. The van der Waals surface area contributed by atoms with Crippen LogP contribution in [0.4, 0.5) is 5.69 Å². The Morgan fingerprint density at radius 3 is 2.05 bits per heavy atom. The van der Waals surface area contributed by atoms with E-state index in [2.05, 4.69) is 75.5 Å². The molecule has 0 aliphatic rings. The minimum Gasteiger partial charge on any atom is -0.379 e. The van der Waals surface area contributed by atoms with Gasteiger partial charge in [0.2, 0.25) is 0 Å². The van der Waals surface area contributed by atoms with Crippen LogP contribution in [0.25, 0.3) is 0 Å². The Labute approximate surface area is 116 Å². The Bertz CT molecular complexity index is 520. The van der Waals surface area contributed by atoms with Crippen LogP contribution in [0.15, 0.2) is 42.5 Å². The standard InChI is InChI=1S/C18H23N/c1-5-16-6-8-18(9-7-16)19-15(4)17-11-13(2)10-14(3)12-17/h6-12,15,19H,5H2,1-4H3. The average molecular weight is 253 g/mol. The highest BCUT2D eigenvalue weighted by Gasteiger charge is 2.06. The molecule has 1 atom stereocenters. The van der Waals surface area contributed by atoms with Crippen LogP contribution in [0, 0.1) is 13.8 Å². The summed E-state index contributed by atoms with van der Waals surface area (Å²) in [6, 6.07) is 15.8. The van der Waals surface area contributed by atoms with Crippen molar-refractivity contribution in [1.82, 2.24) is 0 Å². The number of rotatable bonds is 4. The van der Waals surface area contributed by atoms with E-state index in [1.807, 2.05) is 0 Å². The summed E-state index contributed by atoms with van der Waals surface area (Å²) < 4.78 is 0. The largest absolute Gasteiger partial charge is 0.379 e. The highest BCUT2D eigenvalue weighted by molar-refractivity contribution is 5.47. The third kappa shape index (κ3) is 3.60. The molecule has 1 unspecified atom stereocenters. The van der Waals surface area contributed by atoms with Gasteiger partial charge in [-0.05, 0) is 50.5 Å². The van der Waals surface area contributed by atoms with Gasteiger partial charge in [0.05, 0.1) is 0 Å². The molecule has 1 heteroatoms. The predicted molar refractivity (Wildman–Crippen MR) is 83.8 cm³/mol. The lowest BCUT2D eigenvalue weighted by molar-refractivity contribution is 0.880. The van der Waals surface area contributed by atoms with E-state index in [-0.39, 0.29) is 0 Å². The molecule has 0 amide bonds. The first-order valence-electron chi connectivity index (χ1n) is 7.02. The Morgan fingerprint density at radius 1 is 0.947 bits per heavy atom. The van der Waals surface area contributed by atoms with E-state index in [1.54, 1.807) is 0 Å². The van der Waals surface area contributed by atoms with Crippen LogP contribution in [-0.2, 0) is 6.42 Å². The van der Waals surface area contributed by atoms with Crippen molar-refractivity contribution in [3.05, 3.63) is 64.7 Å². The van der Waals surface area contributed by atoms with E-state index in [9.17, 15) is 0 Å². The van der Waals surface area contributed by atoms with Crippen LogP contribution in [-0.4, -0.2) is 0 Å². The van der Waals surface area contributed by atoms with Gasteiger partial charge in [-0.3, -0.25) is 0 Å². The van der Waals surface area contributed by atoms with Gasteiger partial charge >= 0.3 is 0 Å². The number of nitrogens with one attached hydrogen (secondary N) is 1. The summed E-state index contributed by atoms with van der Waals surface area (Å²) in [4.78, 5) is 0. The Hall–Kier alpha value is -1.76. The summed E-state index contributed by atoms with van der Waals surface area (Å²) in [5, 5.41) is 3.56. The SMILES string of the molecule is CCc1ccc(NC(C)c2cc(C)cc(C)c2)cc1. The molecule has 0 heterocycles. The summed E-state index contributed by atoms with van der Waals surface area (Å²) in [7, 11) is 0. The molecule has 0 saturated heterocycles. The zero-order valence-electron chi connectivity index (χ0n) is 12.3. The molecule has 0 spiro atoms. The van der Waals surface area contributed by atoms with Gasteiger partial charge in [0, 0.05) is 11.7 Å². The molecule has 2 rings (SSSR count). The maximum absolute atomic E-state index is 3.56. The second-order valence-corrected chi connectivity index (χ2v) is 5.34. The molecule has 2 aromatic carbocycles. The van der Waals surface area contributed by atoms with Gasteiger partial charge in [-0.2, -0.15) is 0 Å². The monoisotopic (exact) mass is 253 g/mol. The predicted octanol–water partition coefficient (Wildman–Crippen LogP) is 5.04. The molecule has 1 N–H and O–H groups in total. The van der Waals surface area contributed by atoms with Crippen LogP contribution in [0.3, 0.4) is 0 Å². The second-order valence-electron chi connectivity index (χ2n) is 5.34. The van der Waals surface area contributed by atoms with Crippen LogP contribution < -0.4 is 5.32 Å². The van der Waals surface area contributed by atoms with Crippen molar-refractivity contribution in [3.63, 3.8) is 0 Å². The van der Waals surface area contributed by atoms with E-state index >= 15 is 0 Å². The third-order valence-corrected chi connectivity index (χ3v) is 3.49. The zero-order chi connectivity index (χ0) is 13.8. The molecule has 0 radical (unpaired) electrons. The minimum atomic E-state index is 0.325. The topological polar surface area (TPSA) is 12.0 Å². The van der Waals surface area contributed by atoms with Crippen molar-refractivity contribution in [2.75, 3.05) is 5.32 Å². The van der Waals surface area contributed by atoms with Crippen LogP contribution in [0.5, 0.6) is 0 Å². The first-order chi connectivity index (χ1) is 9.08. The van der Waals surface area contributed by atoms with Crippen LogP contribution >= 0.6 is 0 Å². The highest BCUT2D eigenvalue weighted by Crippen LogP contribution is 2.21. The Balaban J connectivity index is 2.13. The second kappa shape index (κ2) is 5.92. The van der Waals surface area contributed by atoms with Gasteiger partial charge in [-0.15, -0.1) is 0 Å². The first kappa shape index (κ1) is 13.7. The molecule has 2 aromatic rings. The number of benzene rings is 2. The molecule has 0 aliphatic heterocycles. The Morgan fingerprint density at radius 2 is 1.53 bits per heavy atom. The lowest BCUT2D eigenvalue weighted by atomic mass is 10.0. The normalized spacial score (nSPS) is 12.2. The highest BCUT2D eigenvalue weighted by atomic mass is 14.9. The minimum absolute atomic E-state index is 0.325. The van der Waals surface area contributed by atoms with Gasteiger partial charge in [-0.25, -0.2) is 0 Å². The summed E-state index contributed by atoms with van der Waals surface area (Å²) in [5.74, 6) is 0. The maximum atomic E-state index is 3.56. The molecule has 0 aliphatic carbocycles. The molecule has 1 nitrogen and oxygen atoms in total. The molecule has 100 valence electrons. The van der Waals surface area contributed by atoms with Gasteiger partial charge in [0.1, 0.15) is 0 Å². The van der Waals surface area contributed by atoms with E-state index in [1.165, 1.54) is 27.9 Å². The summed E-state index contributed by atoms with van der Waals surface area (Å²) >= 11 is 0. The molecule has 0 aromatic heterocycles. The van der Waals surface area contributed by atoms with Crippen molar-refractivity contribution in [2.24, 2.45) is 0 Å². The third-order valence-electron chi connectivity index (χ3n) is 3.49. The van der Waals surface area contributed by atoms with Crippen LogP contribution in [0.2, 0.25) is 0 Å². The van der Waals surface area contributed by atoms with Gasteiger partial charge < -0.3 is 5.32 Å². The van der Waals surface area contributed by atoms with E-state index in [4.69, 9.17) is 0 Å². The van der Waals surface area contributed by atoms with Crippen LogP contribution in [0.1, 0.15) is 42.1 Å². The molecular formula is C18H23N. The van der Waals surface area contributed by atoms with E-state index in [0.29, 0.717) is 6.04 Å². The van der Waals surface area contributed by atoms with Crippen molar-refractivity contribution in [3.8, 4) is 0 Å². The lowest BCUT2D eigenvalue weighted by Crippen LogP contribution is -2.07. The zero-order valence-corrected chi connectivity index (χ0v) is 12.3. The average Bonchev–Trinajstić information content (AvgIpc) is 2.38.